The maximum atomic E-state index is 12.6. The smallest absolute Gasteiger partial charge is 0.263 e. The van der Waals surface area contributed by atoms with Crippen molar-refractivity contribution in [2.75, 3.05) is 23.7 Å². The van der Waals surface area contributed by atoms with Crippen molar-refractivity contribution in [1.29, 1.82) is 0 Å². The third kappa shape index (κ3) is 2.55. The number of likely N-dealkylation sites (tertiary alicyclic amines) is 1. The lowest BCUT2D eigenvalue weighted by atomic mass is 9.84. The highest BCUT2D eigenvalue weighted by Gasteiger charge is 2.45. The van der Waals surface area contributed by atoms with E-state index in [-0.39, 0.29) is 17.4 Å². The van der Waals surface area contributed by atoms with Gasteiger partial charge in [0.25, 0.3) is 11.5 Å². The number of carbonyl (C=O) groups is 2. The number of H-pyrrole nitrogens is 1. The monoisotopic (exact) mass is 339 g/mol. The first kappa shape index (κ1) is 15.4. The van der Waals surface area contributed by atoms with Crippen LogP contribution in [0.15, 0.2) is 41.6 Å². The topological polar surface area (TPSA) is 107 Å². The number of aromatic nitrogens is 2. The van der Waals surface area contributed by atoms with Crippen LogP contribution in [-0.4, -0.2) is 45.3 Å². The fraction of sp³-hybridized carbons (Fsp3) is 0.294. The molecule has 2 aliphatic heterocycles. The van der Waals surface area contributed by atoms with E-state index in [1.165, 1.54) is 12.5 Å². The summed E-state index contributed by atoms with van der Waals surface area (Å²) in [5.41, 5.74) is 0.476. The van der Waals surface area contributed by atoms with Gasteiger partial charge in [-0.05, 0) is 25.0 Å². The van der Waals surface area contributed by atoms with Crippen molar-refractivity contribution in [3.05, 3.63) is 52.7 Å². The van der Waals surface area contributed by atoms with Crippen LogP contribution in [-0.2, 0) is 4.79 Å². The second-order valence-corrected chi connectivity index (χ2v) is 6.29. The lowest BCUT2D eigenvalue weighted by molar-refractivity contribution is -0.122. The van der Waals surface area contributed by atoms with Gasteiger partial charge in [0, 0.05) is 19.3 Å². The zero-order valence-electron chi connectivity index (χ0n) is 13.4. The van der Waals surface area contributed by atoms with Gasteiger partial charge in [-0.2, -0.15) is 0 Å². The summed E-state index contributed by atoms with van der Waals surface area (Å²) in [5, 5.41) is 6.28. The quantitative estimate of drug-likeness (QED) is 0.713. The van der Waals surface area contributed by atoms with Crippen LogP contribution in [0.5, 0.6) is 0 Å². The van der Waals surface area contributed by atoms with Gasteiger partial charge in [-0.1, -0.05) is 12.1 Å². The fourth-order valence-electron chi connectivity index (χ4n) is 3.37. The first-order valence-corrected chi connectivity index (χ1v) is 8.10. The number of rotatable bonds is 1. The Kier molecular flexibility index (Phi) is 3.52. The number of hydrogen-bond donors (Lipinski definition) is 3. The predicted molar refractivity (Wildman–Crippen MR) is 91.4 cm³/mol. The molecule has 1 spiro atoms. The number of anilines is 2. The Morgan fingerprint density at radius 2 is 1.84 bits per heavy atom. The van der Waals surface area contributed by atoms with Crippen molar-refractivity contribution < 1.29 is 9.59 Å². The first-order chi connectivity index (χ1) is 12.1. The number of benzene rings is 1. The molecule has 0 atom stereocenters. The molecule has 4 rings (SSSR count). The van der Waals surface area contributed by atoms with Crippen molar-refractivity contribution >= 4 is 23.2 Å². The van der Waals surface area contributed by atoms with Crippen molar-refractivity contribution in [2.24, 2.45) is 0 Å². The summed E-state index contributed by atoms with van der Waals surface area (Å²) in [7, 11) is 0. The molecular formula is C17H17N5O3. The van der Waals surface area contributed by atoms with Gasteiger partial charge in [0.2, 0.25) is 5.91 Å². The van der Waals surface area contributed by atoms with Crippen LogP contribution in [0.4, 0.5) is 11.4 Å². The molecule has 25 heavy (non-hydrogen) atoms. The van der Waals surface area contributed by atoms with Crippen molar-refractivity contribution in [1.82, 2.24) is 14.9 Å². The van der Waals surface area contributed by atoms with Crippen LogP contribution >= 0.6 is 0 Å². The van der Waals surface area contributed by atoms with Crippen LogP contribution in [0, 0.1) is 0 Å². The fourth-order valence-corrected chi connectivity index (χ4v) is 3.37. The maximum absolute atomic E-state index is 12.6. The summed E-state index contributed by atoms with van der Waals surface area (Å²) in [6.45, 7) is 0.769. The van der Waals surface area contributed by atoms with Gasteiger partial charge in [0.15, 0.2) is 0 Å². The third-order valence-corrected chi connectivity index (χ3v) is 4.84. The van der Waals surface area contributed by atoms with Gasteiger partial charge in [-0.3, -0.25) is 14.4 Å². The zero-order chi connectivity index (χ0) is 17.4. The predicted octanol–water partition coefficient (Wildman–Crippen LogP) is 0.809. The van der Waals surface area contributed by atoms with E-state index in [2.05, 4.69) is 20.6 Å². The number of fused-ring (bicyclic) bond motifs is 1. The molecule has 128 valence electrons. The number of amides is 2. The van der Waals surface area contributed by atoms with E-state index in [0.29, 0.717) is 25.9 Å². The summed E-state index contributed by atoms with van der Waals surface area (Å²) in [6.07, 6.45) is 3.46. The molecular weight excluding hydrogens is 322 g/mol. The van der Waals surface area contributed by atoms with E-state index in [0.717, 1.165) is 11.4 Å². The van der Waals surface area contributed by atoms with Gasteiger partial charge >= 0.3 is 0 Å². The van der Waals surface area contributed by atoms with Crippen LogP contribution < -0.4 is 16.2 Å². The summed E-state index contributed by atoms with van der Waals surface area (Å²) in [5.74, 6) is -0.446. The molecule has 2 aromatic rings. The molecule has 8 heteroatoms. The molecule has 1 fully saturated rings. The Bertz CT molecular complexity index is 899. The Hall–Kier alpha value is -3.16. The van der Waals surface area contributed by atoms with Crippen LogP contribution in [0.2, 0.25) is 0 Å². The second kappa shape index (κ2) is 5.73. The lowest BCUT2D eigenvalue weighted by Gasteiger charge is -2.44. The van der Waals surface area contributed by atoms with E-state index in [9.17, 15) is 14.4 Å². The van der Waals surface area contributed by atoms with E-state index in [1.54, 1.807) is 4.90 Å². The van der Waals surface area contributed by atoms with E-state index in [4.69, 9.17) is 0 Å². The molecule has 8 nitrogen and oxygen atoms in total. The summed E-state index contributed by atoms with van der Waals surface area (Å²) in [4.78, 5) is 44.7. The number of hydrogen-bond acceptors (Lipinski definition) is 5. The van der Waals surface area contributed by atoms with Gasteiger partial charge < -0.3 is 20.5 Å². The maximum Gasteiger partial charge on any atom is 0.263 e. The normalized spacial score (nSPS) is 18.2. The highest BCUT2D eigenvalue weighted by molar-refractivity contribution is 6.06. The SMILES string of the molecule is O=C(c1cnc[nH]c1=O)N1CCC2(CC1)Nc1ccccc1NC2=O. The molecule has 2 amide bonds. The second-order valence-electron chi connectivity index (χ2n) is 6.29. The zero-order valence-corrected chi connectivity index (χ0v) is 13.4. The van der Waals surface area contributed by atoms with Crippen molar-refractivity contribution in [3.8, 4) is 0 Å². The summed E-state index contributed by atoms with van der Waals surface area (Å²) in [6, 6.07) is 7.54. The van der Waals surface area contributed by atoms with Crippen LogP contribution in [0.1, 0.15) is 23.2 Å². The molecule has 1 aromatic heterocycles. The number of carbonyl (C=O) groups excluding carboxylic acids is 2. The van der Waals surface area contributed by atoms with Crippen LogP contribution in [0.25, 0.3) is 0 Å². The van der Waals surface area contributed by atoms with E-state index in [1.807, 2.05) is 24.3 Å². The largest absolute Gasteiger partial charge is 0.369 e. The number of piperidine rings is 1. The molecule has 0 bridgehead atoms. The minimum absolute atomic E-state index is 0.0184. The van der Waals surface area contributed by atoms with Gasteiger partial charge in [0.1, 0.15) is 11.1 Å². The first-order valence-electron chi connectivity index (χ1n) is 8.10. The lowest BCUT2D eigenvalue weighted by Crippen LogP contribution is -2.59. The van der Waals surface area contributed by atoms with Crippen molar-refractivity contribution in [3.63, 3.8) is 0 Å². The Morgan fingerprint density at radius 3 is 2.56 bits per heavy atom. The van der Waals surface area contributed by atoms with Gasteiger partial charge in [0.05, 0.1) is 17.7 Å². The summed E-state index contributed by atoms with van der Waals surface area (Å²) >= 11 is 0. The van der Waals surface area contributed by atoms with E-state index < -0.39 is 11.1 Å². The molecule has 0 saturated carbocycles. The average molecular weight is 339 g/mol. The number of aromatic amines is 1. The molecule has 2 aliphatic rings. The number of nitrogens with zero attached hydrogens (tertiary/aromatic N) is 2. The molecule has 0 radical (unpaired) electrons. The van der Waals surface area contributed by atoms with E-state index >= 15 is 0 Å². The van der Waals surface area contributed by atoms with Gasteiger partial charge in [-0.15, -0.1) is 0 Å². The molecule has 0 unspecified atom stereocenters. The molecule has 1 aromatic carbocycles. The minimum atomic E-state index is -0.730. The highest BCUT2D eigenvalue weighted by Crippen LogP contribution is 2.36. The summed E-state index contributed by atoms with van der Waals surface area (Å²) < 4.78 is 0. The number of nitrogens with one attached hydrogen (secondary N) is 3. The highest BCUT2D eigenvalue weighted by atomic mass is 16.2. The standard InChI is InChI=1S/C17H17N5O3/c23-14-11(9-18-10-19-14)15(24)22-7-5-17(6-8-22)16(25)20-12-3-1-2-4-13(12)21-17/h1-4,9-10,21H,5-8H2,(H,20,25)(H,18,19,23). The Balaban J connectivity index is 1.52. The molecule has 1 saturated heterocycles. The Labute approximate surface area is 143 Å². The minimum Gasteiger partial charge on any atom is -0.369 e. The molecule has 3 heterocycles. The number of para-hydroxylation sites is 2. The van der Waals surface area contributed by atoms with Crippen LogP contribution in [0.3, 0.4) is 0 Å². The van der Waals surface area contributed by atoms with Crippen molar-refractivity contribution in [2.45, 2.75) is 18.4 Å². The van der Waals surface area contributed by atoms with Gasteiger partial charge in [-0.25, -0.2) is 4.98 Å². The third-order valence-electron chi connectivity index (χ3n) is 4.84. The Morgan fingerprint density at radius 1 is 1.12 bits per heavy atom. The average Bonchev–Trinajstić information content (AvgIpc) is 2.63. The molecule has 3 N–H and O–H groups in total. The molecule has 0 aliphatic carbocycles.